The van der Waals surface area contributed by atoms with Gasteiger partial charge in [-0.15, -0.1) is 0 Å². The van der Waals surface area contributed by atoms with E-state index >= 15 is 0 Å². The molecule has 1 saturated carbocycles. The molecule has 19 heavy (non-hydrogen) atoms. The minimum Gasteiger partial charge on any atom is -0.385 e. The third-order valence-electron chi connectivity index (χ3n) is 3.39. The predicted molar refractivity (Wildman–Crippen MR) is 74.3 cm³/mol. The molecule has 5 nitrogen and oxygen atoms in total. The largest absolute Gasteiger partial charge is 0.385 e. The van der Waals surface area contributed by atoms with Crippen molar-refractivity contribution in [2.45, 2.75) is 45.3 Å². The van der Waals surface area contributed by atoms with Crippen LogP contribution in [0.2, 0.25) is 0 Å². The lowest BCUT2D eigenvalue weighted by atomic mass is 9.96. The highest BCUT2D eigenvalue weighted by Crippen LogP contribution is 2.27. The van der Waals surface area contributed by atoms with E-state index in [-0.39, 0.29) is 10.6 Å². The molecule has 1 fully saturated rings. The van der Waals surface area contributed by atoms with E-state index in [9.17, 15) is 10.1 Å². The van der Waals surface area contributed by atoms with Crippen LogP contribution < -0.4 is 5.32 Å². The van der Waals surface area contributed by atoms with Crippen LogP contribution in [-0.2, 0) is 11.3 Å². The van der Waals surface area contributed by atoms with Crippen molar-refractivity contribution in [1.29, 1.82) is 0 Å². The van der Waals surface area contributed by atoms with Crippen molar-refractivity contribution >= 4 is 11.4 Å². The molecule has 104 valence electrons. The van der Waals surface area contributed by atoms with Crippen molar-refractivity contribution in [1.82, 2.24) is 0 Å². The minimum atomic E-state index is -0.365. The van der Waals surface area contributed by atoms with Crippen LogP contribution in [0.15, 0.2) is 18.2 Å². The van der Waals surface area contributed by atoms with Crippen molar-refractivity contribution in [2.24, 2.45) is 0 Å². The van der Waals surface area contributed by atoms with E-state index in [0.29, 0.717) is 12.7 Å². The first-order chi connectivity index (χ1) is 9.20. The summed E-state index contributed by atoms with van der Waals surface area (Å²) in [7, 11) is 0. The molecular weight excluding hydrogens is 244 g/mol. The van der Waals surface area contributed by atoms with E-state index in [1.165, 1.54) is 12.5 Å². The number of nitrogens with zero attached hydrogens (tertiary/aromatic N) is 1. The van der Waals surface area contributed by atoms with Gasteiger partial charge in [0.05, 0.1) is 17.6 Å². The summed E-state index contributed by atoms with van der Waals surface area (Å²) < 4.78 is 5.76. The Morgan fingerprint density at radius 3 is 2.84 bits per heavy atom. The summed E-state index contributed by atoms with van der Waals surface area (Å²) in [6.45, 7) is 3.38. The Labute approximate surface area is 113 Å². The van der Waals surface area contributed by atoms with Crippen molar-refractivity contribution in [3.8, 4) is 0 Å². The van der Waals surface area contributed by atoms with Gasteiger partial charge < -0.3 is 10.1 Å². The molecular formula is C14H20N2O3. The van der Waals surface area contributed by atoms with E-state index in [0.717, 1.165) is 37.1 Å². The molecule has 1 aliphatic rings. The van der Waals surface area contributed by atoms with Crippen molar-refractivity contribution in [3.63, 3.8) is 0 Å². The van der Waals surface area contributed by atoms with Crippen LogP contribution in [0.3, 0.4) is 0 Å². The van der Waals surface area contributed by atoms with Crippen molar-refractivity contribution in [3.05, 3.63) is 33.9 Å². The molecule has 0 aliphatic heterocycles. The quantitative estimate of drug-likeness (QED) is 0.605. The number of ether oxygens (including phenoxy) is 1. The highest BCUT2D eigenvalue weighted by Gasteiger charge is 2.19. The summed E-state index contributed by atoms with van der Waals surface area (Å²) >= 11 is 0. The highest BCUT2D eigenvalue weighted by atomic mass is 16.6. The van der Waals surface area contributed by atoms with Crippen LogP contribution in [0.1, 0.15) is 38.2 Å². The van der Waals surface area contributed by atoms with Gasteiger partial charge in [0.1, 0.15) is 0 Å². The van der Waals surface area contributed by atoms with Crippen LogP contribution in [0.25, 0.3) is 0 Å². The molecule has 0 aromatic heterocycles. The molecule has 0 bridgehead atoms. The molecule has 1 N–H and O–H groups in total. The van der Waals surface area contributed by atoms with E-state index in [4.69, 9.17) is 4.74 Å². The van der Waals surface area contributed by atoms with E-state index < -0.39 is 0 Å². The summed E-state index contributed by atoms with van der Waals surface area (Å²) in [5.41, 5.74) is 1.93. The first-order valence-corrected chi connectivity index (χ1v) is 6.83. The van der Waals surface area contributed by atoms with Gasteiger partial charge in [-0.25, -0.2) is 0 Å². The van der Waals surface area contributed by atoms with Gasteiger partial charge in [0.2, 0.25) is 0 Å². The first kappa shape index (κ1) is 13.8. The van der Waals surface area contributed by atoms with Crippen molar-refractivity contribution < 1.29 is 9.66 Å². The zero-order valence-electron chi connectivity index (χ0n) is 11.2. The van der Waals surface area contributed by atoms with Gasteiger partial charge in [0.15, 0.2) is 0 Å². The summed E-state index contributed by atoms with van der Waals surface area (Å²) in [4.78, 5) is 10.5. The molecule has 0 radical (unpaired) electrons. The van der Waals surface area contributed by atoms with Gasteiger partial charge >= 0.3 is 0 Å². The zero-order valence-corrected chi connectivity index (χ0v) is 11.2. The summed E-state index contributed by atoms with van der Waals surface area (Å²) in [6, 6.07) is 4.91. The third-order valence-corrected chi connectivity index (χ3v) is 3.39. The van der Waals surface area contributed by atoms with Crippen LogP contribution >= 0.6 is 0 Å². The van der Waals surface area contributed by atoms with Crippen molar-refractivity contribution in [2.75, 3.05) is 11.9 Å². The Kier molecular flexibility index (Phi) is 4.74. The lowest BCUT2D eigenvalue weighted by Gasteiger charge is -2.26. The normalized spacial score (nSPS) is 15.0. The number of nitro benzene ring substituents is 1. The minimum absolute atomic E-state index is 0.120. The van der Waals surface area contributed by atoms with Gasteiger partial charge in [0, 0.05) is 29.9 Å². The molecule has 2 rings (SSSR count). The van der Waals surface area contributed by atoms with E-state index in [1.54, 1.807) is 12.1 Å². The van der Waals surface area contributed by atoms with Gasteiger partial charge in [-0.1, -0.05) is 6.92 Å². The number of hydrogen-bond donors (Lipinski definition) is 1. The maximum absolute atomic E-state index is 10.8. The predicted octanol–water partition coefficient (Wildman–Crippen LogP) is 3.49. The Morgan fingerprint density at radius 2 is 2.26 bits per heavy atom. The summed E-state index contributed by atoms with van der Waals surface area (Å²) in [6.07, 6.45) is 4.78. The van der Waals surface area contributed by atoms with Crippen LogP contribution in [0, 0.1) is 10.1 Å². The summed E-state index contributed by atoms with van der Waals surface area (Å²) in [5.74, 6) is 0. The first-order valence-electron chi connectivity index (χ1n) is 6.83. The lowest BCUT2D eigenvalue weighted by Crippen LogP contribution is -2.21. The van der Waals surface area contributed by atoms with Gasteiger partial charge in [-0.2, -0.15) is 0 Å². The average Bonchev–Trinajstić information content (AvgIpc) is 2.35. The second-order valence-electron chi connectivity index (χ2n) is 4.89. The molecule has 1 aliphatic carbocycles. The molecule has 0 amide bonds. The number of hydrogen-bond acceptors (Lipinski definition) is 4. The number of rotatable bonds is 7. The molecule has 0 saturated heterocycles. The smallest absolute Gasteiger partial charge is 0.269 e. The SMILES string of the molecule is CCCNc1ccc([N+](=O)[O-])cc1COC1CCC1. The second kappa shape index (κ2) is 6.52. The van der Waals surface area contributed by atoms with Crippen LogP contribution in [0.4, 0.5) is 11.4 Å². The monoisotopic (exact) mass is 264 g/mol. The number of anilines is 1. The zero-order chi connectivity index (χ0) is 13.7. The van der Waals surface area contributed by atoms with Gasteiger partial charge in [-0.3, -0.25) is 10.1 Å². The number of nitro groups is 1. The molecule has 5 heteroatoms. The fourth-order valence-corrected chi connectivity index (χ4v) is 1.99. The average molecular weight is 264 g/mol. The number of benzene rings is 1. The Morgan fingerprint density at radius 1 is 1.47 bits per heavy atom. The number of nitrogens with one attached hydrogen (secondary N) is 1. The Bertz CT molecular complexity index is 444. The maximum atomic E-state index is 10.8. The molecule has 0 unspecified atom stereocenters. The van der Waals surface area contributed by atoms with Crippen LogP contribution in [0.5, 0.6) is 0 Å². The van der Waals surface area contributed by atoms with E-state index in [2.05, 4.69) is 12.2 Å². The fraction of sp³-hybridized carbons (Fsp3) is 0.571. The fourth-order valence-electron chi connectivity index (χ4n) is 1.99. The van der Waals surface area contributed by atoms with E-state index in [1.807, 2.05) is 0 Å². The Balaban J connectivity index is 2.08. The molecule has 1 aromatic carbocycles. The topological polar surface area (TPSA) is 64.4 Å². The molecule has 0 spiro atoms. The molecule has 1 aromatic rings. The Hall–Kier alpha value is -1.62. The summed E-state index contributed by atoms with van der Waals surface area (Å²) in [5, 5.41) is 14.1. The standard InChI is InChI=1S/C14H20N2O3/c1-2-8-15-14-7-6-12(16(17)18)9-11(14)10-19-13-4-3-5-13/h6-7,9,13,15H,2-5,8,10H2,1H3. The third kappa shape index (κ3) is 3.67. The lowest BCUT2D eigenvalue weighted by molar-refractivity contribution is -0.384. The van der Waals surface area contributed by atoms with Gasteiger partial charge in [-0.05, 0) is 31.7 Å². The van der Waals surface area contributed by atoms with Crippen LogP contribution in [-0.4, -0.2) is 17.6 Å². The second-order valence-corrected chi connectivity index (χ2v) is 4.89. The van der Waals surface area contributed by atoms with Gasteiger partial charge in [0.25, 0.3) is 5.69 Å². The number of non-ortho nitro benzene ring substituents is 1. The maximum Gasteiger partial charge on any atom is 0.269 e. The molecule has 0 atom stereocenters. The highest BCUT2D eigenvalue weighted by molar-refractivity contribution is 5.55. The molecule has 0 heterocycles.